The molecule has 1 heteroatoms. The second kappa shape index (κ2) is 12.3. The Morgan fingerprint density at radius 1 is 0.963 bits per heavy atom. The molecule has 0 radical (unpaired) electrons. The number of hydrogen-bond acceptors (Lipinski definition) is 1. The molecule has 0 bridgehead atoms. The number of rotatable bonds is 10. The number of hydrogen-bond donors (Lipinski definition) is 1. The first kappa shape index (κ1) is 22.0. The second-order valence-corrected chi connectivity index (χ2v) is 6.34. The molecule has 0 fully saturated rings. The van der Waals surface area contributed by atoms with Gasteiger partial charge in [-0.3, -0.25) is 0 Å². The van der Waals surface area contributed by atoms with E-state index in [1.807, 2.05) is 26.0 Å². The molecular formula is C26H31N. The molecule has 0 saturated heterocycles. The highest BCUT2D eigenvalue weighted by molar-refractivity contribution is 5.57. The third-order valence-corrected chi connectivity index (χ3v) is 3.91. The fourth-order valence-corrected chi connectivity index (χ4v) is 2.15. The minimum absolute atomic E-state index is 0.790. The predicted molar refractivity (Wildman–Crippen MR) is 124 cm³/mol. The number of nitrogens with one attached hydrogen (secondary N) is 1. The smallest absolute Gasteiger partial charge is 0.0397 e. The van der Waals surface area contributed by atoms with Crippen molar-refractivity contribution in [2.24, 2.45) is 0 Å². The largest absolute Gasteiger partial charge is 0.381 e. The Kier molecular flexibility index (Phi) is 10.0. The molecule has 0 saturated carbocycles. The van der Waals surface area contributed by atoms with Crippen molar-refractivity contribution in [1.82, 2.24) is 0 Å². The summed E-state index contributed by atoms with van der Waals surface area (Å²) in [5.74, 6) is 0. The van der Waals surface area contributed by atoms with Crippen LogP contribution in [-0.4, -0.2) is 6.54 Å². The van der Waals surface area contributed by atoms with Gasteiger partial charge in [0.15, 0.2) is 0 Å². The lowest BCUT2D eigenvalue weighted by atomic mass is 10.1. The molecule has 0 spiro atoms. The molecular weight excluding hydrogens is 326 g/mol. The lowest BCUT2D eigenvalue weighted by Gasteiger charge is -2.07. The molecule has 0 aromatic heterocycles. The molecule has 27 heavy (non-hydrogen) atoms. The molecule has 0 aliphatic heterocycles. The summed E-state index contributed by atoms with van der Waals surface area (Å²) in [5.41, 5.74) is 6.73. The second-order valence-electron chi connectivity index (χ2n) is 6.34. The predicted octanol–water partition coefficient (Wildman–Crippen LogP) is 7.44. The van der Waals surface area contributed by atoms with E-state index in [9.17, 15) is 0 Å². The highest BCUT2D eigenvalue weighted by Gasteiger charge is 1.95. The Bertz CT molecular complexity index is 783. The molecule has 140 valence electrons. The summed E-state index contributed by atoms with van der Waals surface area (Å²) >= 11 is 0. The summed E-state index contributed by atoms with van der Waals surface area (Å²) in [5, 5.41) is 3.45. The summed E-state index contributed by atoms with van der Waals surface area (Å²) in [4.78, 5) is 0. The van der Waals surface area contributed by atoms with Crippen LogP contribution in [0, 0.1) is 0 Å². The van der Waals surface area contributed by atoms with Crippen LogP contribution in [0.25, 0.3) is 6.08 Å². The van der Waals surface area contributed by atoms with Crippen LogP contribution in [0.4, 0.5) is 5.69 Å². The fourth-order valence-electron chi connectivity index (χ4n) is 2.15. The van der Waals surface area contributed by atoms with Crippen LogP contribution < -0.4 is 5.32 Å². The zero-order valence-electron chi connectivity index (χ0n) is 16.8. The van der Waals surface area contributed by atoms with E-state index >= 15 is 0 Å². The summed E-state index contributed by atoms with van der Waals surface area (Å²) in [6.45, 7) is 18.3. The van der Waals surface area contributed by atoms with Gasteiger partial charge >= 0.3 is 0 Å². The van der Waals surface area contributed by atoms with Crippen LogP contribution in [0.5, 0.6) is 0 Å². The standard InChI is InChI=1S/C26H31N/c1-7-23(8-2)14-11-22(6)12-15-25-16-18-26(19-17-25)27-20-24(9-3)13-10-21(4)5/h7-19,27H,1-2,4,20H2,3,5-6H3/b13-10-,15-12+,22-11+,24-9+. The number of allylic oxidation sites excluding steroid dienone is 10. The first-order valence-corrected chi connectivity index (χ1v) is 9.12. The van der Waals surface area contributed by atoms with E-state index in [2.05, 4.69) is 86.6 Å². The molecule has 1 rings (SSSR count). The van der Waals surface area contributed by atoms with Crippen molar-refractivity contribution in [2.75, 3.05) is 11.9 Å². The van der Waals surface area contributed by atoms with E-state index < -0.39 is 0 Å². The van der Waals surface area contributed by atoms with Crippen molar-refractivity contribution in [2.45, 2.75) is 20.8 Å². The van der Waals surface area contributed by atoms with Gasteiger partial charge in [-0.25, -0.2) is 0 Å². The maximum Gasteiger partial charge on any atom is 0.0397 e. The molecule has 1 N–H and O–H groups in total. The highest BCUT2D eigenvalue weighted by Crippen LogP contribution is 2.13. The SMILES string of the molecule is C=CC(C=C)=C/C=C(C)/C=C/c1ccc(NCC(/C=C\C(=C)C)=C/C)cc1. The van der Waals surface area contributed by atoms with E-state index in [1.165, 1.54) is 16.7 Å². The third-order valence-electron chi connectivity index (χ3n) is 3.91. The van der Waals surface area contributed by atoms with Crippen molar-refractivity contribution in [3.05, 3.63) is 120 Å². The Labute approximate surface area is 165 Å². The Morgan fingerprint density at radius 2 is 1.63 bits per heavy atom. The van der Waals surface area contributed by atoms with Gasteiger partial charge in [-0.05, 0) is 49.6 Å². The molecule has 0 heterocycles. The topological polar surface area (TPSA) is 12.0 Å². The Balaban J connectivity index is 2.67. The van der Waals surface area contributed by atoms with Gasteiger partial charge in [0.25, 0.3) is 0 Å². The van der Waals surface area contributed by atoms with Gasteiger partial charge in [0.2, 0.25) is 0 Å². The van der Waals surface area contributed by atoms with E-state index in [0.29, 0.717) is 0 Å². The molecule has 1 aromatic carbocycles. The monoisotopic (exact) mass is 357 g/mol. The summed E-state index contributed by atoms with van der Waals surface area (Å²) in [6.07, 6.45) is 18.1. The quantitative estimate of drug-likeness (QED) is 0.429. The number of benzene rings is 1. The zero-order valence-corrected chi connectivity index (χ0v) is 16.8. The van der Waals surface area contributed by atoms with Crippen LogP contribution in [-0.2, 0) is 0 Å². The number of anilines is 1. The average molecular weight is 358 g/mol. The van der Waals surface area contributed by atoms with Crippen molar-refractivity contribution >= 4 is 11.8 Å². The van der Waals surface area contributed by atoms with E-state index in [0.717, 1.165) is 23.4 Å². The molecule has 0 amide bonds. The molecule has 1 aromatic rings. The van der Waals surface area contributed by atoms with Gasteiger partial charge in [-0.1, -0.05) is 97.7 Å². The van der Waals surface area contributed by atoms with Crippen LogP contribution in [0.1, 0.15) is 26.3 Å². The molecule has 0 aliphatic carbocycles. The van der Waals surface area contributed by atoms with Crippen LogP contribution in [0.15, 0.2) is 115 Å². The minimum atomic E-state index is 0.790. The molecule has 0 unspecified atom stereocenters. The van der Waals surface area contributed by atoms with Gasteiger partial charge in [-0.15, -0.1) is 0 Å². The van der Waals surface area contributed by atoms with Gasteiger partial charge in [0, 0.05) is 12.2 Å². The van der Waals surface area contributed by atoms with Crippen LogP contribution >= 0.6 is 0 Å². The maximum atomic E-state index is 3.89. The van der Waals surface area contributed by atoms with Gasteiger partial charge in [0.05, 0.1) is 0 Å². The van der Waals surface area contributed by atoms with Gasteiger partial charge in [0.1, 0.15) is 0 Å². The Hall–Kier alpha value is -3.06. The normalized spacial score (nSPS) is 12.3. The highest BCUT2D eigenvalue weighted by atomic mass is 14.9. The first-order chi connectivity index (χ1) is 13.0. The average Bonchev–Trinajstić information content (AvgIpc) is 2.68. The summed E-state index contributed by atoms with van der Waals surface area (Å²) in [6, 6.07) is 8.42. The maximum absolute atomic E-state index is 3.89. The van der Waals surface area contributed by atoms with E-state index in [4.69, 9.17) is 0 Å². The lowest BCUT2D eigenvalue weighted by molar-refractivity contribution is 1.25. The van der Waals surface area contributed by atoms with Crippen LogP contribution in [0.2, 0.25) is 0 Å². The van der Waals surface area contributed by atoms with Crippen molar-refractivity contribution in [3.8, 4) is 0 Å². The van der Waals surface area contributed by atoms with Crippen LogP contribution in [0.3, 0.4) is 0 Å². The third kappa shape index (κ3) is 9.27. The summed E-state index contributed by atoms with van der Waals surface area (Å²) < 4.78 is 0. The minimum Gasteiger partial charge on any atom is -0.381 e. The zero-order chi connectivity index (χ0) is 20.1. The first-order valence-electron chi connectivity index (χ1n) is 9.12. The van der Waals surface area contributed by atoms with Gasteiger partial charge < -0.3 is 5.32 Å². The Morgan fingerprint density at radius 3 is 2.19 bits per heavy atom. The molecule has 1 nitrogen and oxygen atoms in total. The van der Waals surface area contributed by atoms with Crippen molar-refractivity contribution < 1.29 is 0 Å². The fraction of sp³-hybridized carbons (Fsp3) is 0.154. The van der Waals surface area contributed by atoms with E-state index in [1.54, 1.807) is 12.2 Å². The summed E-state index contributed by atoms with van der Waals surface area (Å²) in [7, 11) is 0. The molecule has 0 aliphatic rings. The lowest BCUT2D eigenvalue weighted by Crippen LogP contribution is -2.03. The van der Waals surface area contributed by atoms with E-state index in [-0.39, 0.29) is 0 Å². The van der Waals surface area contributed by atoms with Gasteiger partial charge in [-0.2, -0.15) is 0 Å². The van der Waals surface area contributed by atoms with Crippen molar-refractivity contribution in [1.29, 1.82) is 0 Å². The van der Waals surface area contributed by atoms with Crippen molar-refractivity contribution in [3.63, 3.8) is 0 Å². The molecule has 0 atom stereocenters.